The number of piperidine rings is 1. The zero-order chi connectivity index (χ0) is 21.8. The number of nitrogens with zero attached hydrogens (tertiary/aromatic N) is 1. The Bertz CT molecular complexity index is 964. The molecule has 1 aliphatic heterocycles. The van der Waals surface area contributed by atoms with Crippen LogP contribution in [-0.2, 0) is 17.8 Å². The number of benzene rings is 2. The van der Waals surface area contributed by atoms with Crippen LogP contribution in [-0.4, -0.2) is 47.4 Å². The van der Waals surface area contributed by atoms with Gasteiger partial charge in [-0.2, -0.15) is 0 Å². The van der Waals surface area contributed by atoms with E-state index in [1.165, 1.54) is 0 Å². The molecule has 0 saturated carbocycles. The number of nitrogens with one attached hydrogen (secondary N) is 2. The lowest BCUT2D eigenvalue weighted by Gasteiger charge is -2.33. The van der Waals surface area contributed by atoms with Gasteiger partial charge in [0.25, 0.3) is 0 Å². The predicted molar refractivity (Wildman–Crippen MR) is 123 cm³/mol. The molecule has 1 amide bonds. The monoisotopic (exact) mass is 421 g/mol. The van der Waals surface area contributed by atoms with E-state index in [0.29, 0.717) is 19.0 Å². The van der Waals surface area contributed by atoms with Crippen LogP contribution in [0.5, 0.6) is 0 Å². The van der Waals surface area contributed by atoms with Crippen molar-refractivity contribution in [1.29, 1.82) is 0 Å². The van der Waals surface area contributed by atoms with Crippen LogP contribution < -0.4 is 10.6 Å². The van der Waals surface area contributed by atoms with Gasteiger partial charge in [-0.3, -0.25) is 14.5 Å². The van der Waals surface area contributed by atoms with Gasteiger partial charge in [0.2, 0.25) is 5.91 Å². The molecule has 1 aliphatic carbocycles. The van der Waals surface area contributed by atoms with E-state index in [-0.39, 0.29) is 18.3 Å². The van der Waals surface area contributed by atoms with E-state index in [4.69, 9.17) is 0 Å². The van der Waals surface area contributed by atoms with Crippen molar-refractivity contribution in [2.45, 2.75) is 51.7 Å². The highest BCUT2D eigenvalue weighted by atomic mass is 16.3. The fourth-order valence-electron chi connectivity index (χ4n) is 4.63. The Morgan fingerprint density at radius 2 is 1.97 bits per heavy atom. The van der Waals surface area contributed by atoms with Gasteiger partial charge in [0.05, 0.1) is 13.2 Å². The second-order valence-electron chi connectivity index (χ2n) is 8.66. The van der Waals surface area contributed by atoms with Gasteiger partial charge in [-0.25, -0.2) is 0 Å². The summed E-state index contributed by atoms with van der Waals surface area (Å²) in [4.78, 5) is 26.7. The molecule has 0 unspecified atom stereocenters. The summed E-state index contributed by atoms with van der Waals surface area (Å²) in [5.41, 5.74) is 5.71. The smallest absolute Gasteiger partial charge is 0.238 e. The van der Waals surface area contributed by atoms with Crippen molar-refractivity contribution in [3.63, 3.8) is 0 Å². The first-order valence-electron chi connectivity index (χ1n) is 11.2. The maximum absolute atomic E-state index is 12.6. The fourth-order valence-corrected chi connectivity index (χ4v) is 4.63. The summed E-state index contributed by atoms with van der Waals surface area (Å²) in [7, 11) is 0. The third-order valence-corrected chi connectivity index (χ3v) is 6.37. The quantitative estimate of drug-likeness (QED) is 0.665. The topological polar surface area (TPSA) is 81.7 Å². The molecule has 1 fully saturated rings. The van der Waals surface area contributed by atoms with Crippen LogP contribution in [0.2, 0.25) is 0 Å². The van der Waals surface area contributed by atoms with Crippen molar-refractivity contribution >= 4 is 23.1 Å². The van der Waals surface area contributed by atoms with E-state index in [1.807, 2.05) is 30.3 Å². The van der Waals surface area contributed by atoms with Gasteiger partial charge in [-0.1, -0.05) is 18.2 Å². The molecule has 0 atom stereocenters. The number of hydrogen-bond acceptors (Lipinski definition) is 5. The number of carbonyl (C=O) groups excluding carboxylic acids is 2. The van der Waals surface area contributed by atoms with Crippen LogP contribution in [0.1, 0.15) is 52.7 Å². The second kappa shape index (κ2) is 9.62. The summed E-state index contributed by atoms with van der Waals surface area (Å²) in [5.74, 6) is 0.183. The largest absolute Gasteiger partial charge is 0.392 e. The van der Waals surface area contributed by atoms with Gasteiger partial charge in [0.15, 0.2) is 5.78 Å². The maximum Gasteiger partial charge on any atom is 0.238 e. The van der Waals surface area contributed by atoms with Crippen LogP contribution >= 0.6 is 0 Å². The third-order valence-electron chi connectivity index (χ3n) is 6.37. The van der Waals surface area contributed by atoms with Crippen molar-refractivity contribution < 1.29 is 14.7 Å². The first-order valence-corrected chi connectivity index (χ1v) is 11.2. The second-order valence-corrected chi connectivity index (χ2v) is 8.66. The average Bonchev–Trinajstić information content (AvgIpc) is 2.76. The lowest BCUT2D eigenvalue weighted by molar-refractivity contribution is -0.117. The van der Waals surface area contributed by atoms with Crippen molar-refractivity contribution in [1.82, 2.24) is 4.90 Å². The molecule has 3 N–H and O–H groups in total. The minimum atomic E-state index is -0.0186. The minimum Gasteiger partial charge on any atom is -0.392 e. The van der Waals surface area contributed by atoms with Gasteiger partial charge < -0.3 is 15.7 Å². The predicted octanol–water partition coefficient (Wildman–Crippen LogP) is 3.52. The Morgan fingerprint density at radius 3 is 2.74 bits per heavy atom. The van der Waals surface area contributed by atoms with Crippen LogP contribution in [0.15, 0.2) is 36.4 Å². The molecule has 6 nitrogen and oxygen atoms in total. The zero-order valence-corrected chi connectivity index (χ0v) is 18.1. The highest BCUT2D eigenvalue weighted by Crippen LogP contribution is 2.26. The minimum absolute atomic E-state index is 0.0186. The molecule has 4 rings (SSSR count). The third kappa shape index (κ3) is 5.14. The highest BCUT2D eigenvalue weighted by molar-refractivity contribution is 5.99. The number of rotatable bonds is 6. The number of amides is 1. The number of anilines is 2. The average molecular weight is 422 g/mol. The van der Waals surface area contributed by atoms with Crippen molar-refractivity contribution in [3.8, 4) is 0 Å². The summed E-state index contributed by atoms with van der Waals surface area (Å²) in [6.45, 7) is 4.15. The number of aliphatic hydroxyl groups is 1. The molecule has 1 heterocycles. The van der Waals surface area contributed by atoms with Crippen LogP contribution in [0, 0.1) is 6.92 Å². The van der Waals surface area contributed by atoms with Gasteiger partial charge >= 0.3 is 0 Å². The summed E-state index contributed by atoms with van der Waals surface area (Å²) >= 11 is 0. The molecular formula is C25H31N3O3. The Hall–Kier alpha value is -2.70. The molecule has 1 saturated heterocycles. The van der Waals surface area contributed by atoms with E-state index >= 15 is 0 Å². The molecule has 2 aliphatic rings. The fraction of sp³-hybridized carbons (Fsp3) is 0.440. The number of Topliss-reactive ketones (excluding diaryl/α,β-unsaturated/α-hetero) is 1. The standard InChI is InChI=1S/C25H31N3O3/c1-17-4-2-6-19(16-29)25(17)27-20-10-12-28(13-11-20)15-24(31)26-21-8-9-22-18(14-21)5-3-7-23(22)30/h2,4,6,8-9,14,20,27,29H,3,5,7,10-13,15-16H2,1H3,(H,26,31). The molecule has 31 heavy (non-hydrogen) atoms. The number of hydrogen-bond donors (Lipinski definition) is 3. The van der Waals surface area contributed by atoms with E-state index < -0.39 is 0 Å². The van der Waals surface area contributed by atoms with Gasteiger partial charge in [-0.15, -0.1) is 0 Å². The molecule has 2 aromatic carbocycles. The van der Waals surface area contributed by atoms with Crippen LogP contribution in [0.25, 0.3) is 0 Å². The first kappa shape index (κ1) is 21.5. The summed E-state index contributed by atoms with van der Waals surface area (Å²) in [6, 6.07) is 11.9. The van der Waals surface area contributed by atoms with Crippen molar-refractivity contribution in [2.24, 2.45) is 0 Å². The van der Waals surface area contributed by atoms with Crippen molar-refractivity contribution in [2.75, 3.05) is 30.3 Å². The number of aliphatic hydroxyl groups excluding tert-OH is 1. The normalized spacial score (nSPS) is 17.3. The van der Waals surface area contributed by atoms with Crippen LogP contribution in [0.4, 0.5) is 11.4 Å². The number of ketones is 1. The molecule has 0 aromatic heterocycles. The summed E-state index contributed by atoms with van der Waals surface area (Å²) in [5, 5.41) is 16.2. The maximum atomic E-state index is 12.6. The number of fused-ring (bicyclic) bond motifs is 1. The van der Waals surface area contributed by atoms with E-state index in [0.717, 1.165) is 72.4 Å². The van der Waals surface area contributed by atoms with Gasteiger partial charge in [0.1, 0.15) is 0 Å². The molecule has 0 bridgehead atoms. The highest BCUT2D eigenvalue weighted by Gasteiger charge is 2.22. The summed E-state index contributed by atoms with van der Waals surface area (Å²) in [6.07, 6.45) is 4.30. The Morgan fingerprint density at radius 1 is 1.16 bits per heavy atom. The number of carbonyl (C=O) groups is 2. The molecule has 6 heteroatoms. The lowest BCUT2D eigenvalue weighted by atomic mass is 9.90. The van der Waals surface area contributed by atoms with Crippen molar-refractivity contribution in [3.05, 3.63) is 58.7 Å². The Labute approximate surface area is 183 Å². The molecule has 0 spiro atoms. The lowest BCUT2D eigenvalue weighted by Crippen LogP contribution is -2.42. The first-order chi connectivity index (χ1) is 15.0. The Kier molecular flexibility index (Phi) is 6.68. The number of aryl methyl sites for hydroxylation is 2. The number of para-hydroxylation sites is 1. The molecule has 0 radical (unpaired) electrons. The van der Waals surface area contributed by atoms with Crippen LogP contribution in [0.3, 0.4) is 0 Å². The zero-order valence-electron chi connectivity index (χ0n) is 18.1. The van der Waals surface area contributed by atoms with E-state index in [9.17, 15) is 14.7 Å². The van der Waals surface area contributed by atoms with E-state index in [2.05, 4.69) is 28.5 Å². The molecule has 164 valence electrons. The molecular weight excluding hydrogens is 390 g/mol. The number of likely N-dealkylation sites (tertiary alicyclic amines) is 1. The van der Waals surface area contributed by atoms with Gasteiger partial charge in [-0.05, 0) is 61.9 Å². The van der Waals surface area contributed by atoms with Gasteiger partial charge in [0, 0.05) is 48.1 Å². The summed E-state index contributed by atoms with van der Waals surface area (Å²) < 4.78 is 0. The SMILES string of the molecule is Cc1cccc(CO)c1NC1CCN(CC(=O)Nc2ccc3c(c2)CCCC3=O)CC1. The van der Waals surface area contributed by atoms with E-state index in [1.54, 1.807) is 0 Å². The Balaban J connectivity index is 1.27. The molecule has 2 aromatic rings.